The lowest BCUT2D eigenvalue weighted by atomic mass is 10.2. The number of rotatable bonds is 1. The molecule has 0 unspecified atom stereocenters. The Hall–Kier alpha value is -2.47. The van der Waals surface area contributed by atoms with Gasteiger partial charge in [0.2, 0.25) is 0 Å². The highest BCUT2D eigenvalue weighted by molar-refractivity contribution is 9.10. The van der Waals surface area contributed by atoms with Crippen molar-refractivity contribution in [3.05, 3.63) is 63.2 Å². The summed E-state index contributed by atoms with van der Waals surface area (Å²) in [4.78, 5) is 21.7. The first-order chi connectivity index (χ1) is 11.1. The van der Waals surface area contributed by atoms with Crippen molar-refractivity contribution in [2.24, 2.45) is 7.05 Å². The summed E-state index contributed by atoms with van der Waals surface area (Å²) in [7, 11) is 1.75. The quantitative estimate of drug-likeness (QED) is 0.517. The van der Waals surface area contributed by atoms with E-state index < -0.39 is 0 Å². The fraction of sp³-hybridized carbons (Fsp3) is 0.118. The van der Waals surface area contributed by atoms with Gasteiger partial charge in [-0.3, -0.25) is 9.55 Å². The lowest BCUT2D eigenvalue weighted by Crippen LogP contribution is -2.22. The Kier molecular flexibility index (Phi) is 3.09. The summed E-state index contributed by atoms with van der Waals surface area (Å²) in [5.41, 5.74) is 3.27. The fourth-order valence-corrected chi connectivity index (χ4v) is 3.24. The maximum atomic E-state index is 12.8. The van der Waals surface area contributed by atoms with Gasteiger partial charge in [-0.1, -0.05) is 22.0 Å². The Morgan fingerprint density at radius 2 is 2.00 bits per heavy atom. The Morgan fingerprint density at radius 1 is 1.17 bits per heavy atom. The summed E-state index contributed by atoms with van der Waals surface area (Å²) in [6.45, 7) is 1.95. The molecule has 114 valence electrons. The summed E-state index contributed by atoms with van der Waals surface area (Å²) in [6, 6.07) is 9.68. The van der Waals surface area contributed by atoms with Gasteiger partial charge in [0.15, 0.2) is 0 Å². The minimum atomic E-state index is -0.129. The van der Waals surface area contributed by atoms with E-state index in [4.69, 9.17) is 0 Å². The number of fused-ring (bicyclic) bond motifs is 3. The highest BCUT2D eigenvalue weighted by atomic mass is 79.9. The smallest absolute Gasteiger partial charge is 0.293 e. The maximum absolute atomic E-state index is 12.8. The molecule has 0 fully saturated rings. The number of imidazole rings is 1. The van der Waals surface area contributed by atoms with Gasteiger partial charge in [-0.15, -0.1) is 0 Å². The number of benzene rings is 1. The molecule has 23 heavy (non-hydrogen) atoms. The standard InChI is InChI=1S/C17H13BrN4O/c1-10-4-3-7-19-16(10)22-15-12-8-11(18)5-6-13(12)20-9-14(15)21(2)17(22)23/h3-9H,1-2H3. The van der Waals surface area contributed by atoms with E-state index in [1.165, 1.54) is 0 Å². The van der Waals surface area contributed by atoms with E-state index >= 15 is 0 Å². The van der Waals surface area contributed by atoms with E-state index in [2.05, 4.69) is 25.9 Å². The molecule has 0 radical (unpaired) electrons. The topological polar surface area (TPSA) is 52.7 Å². The molecular formula is C17H13BrN4O. The van der Waals surface area contributed by atoms with Crippen molar-refractivity contribution in [2.45, 2.75) is 6.92 Å². The normalized spacial score (nSPS) is 11.4. The van der Waals surface area contributed by atoms with Gasteiger partial charge in [0.25, 0.3) is 0 Å². The predicted octanol–water partition coefficient (Wildman–Crippen LogP) is 3.34. The SMILES string of the molecule is Cc1cccnc1-n1c(=O)n(C)c2cnc3ccc(Br)cc3c21. The zero-order chi connectivity index (χ0) is 16.1. The van der Waals surface area contributed by atoms with Crippen LogP contribution in [-0.2, 0) is 7.05 Å². The fourth-order valence-electron chi connectivity index (χ4n) is 2.88. The van der Waals surface area contributed by atoms with Crippen LogP contribution in [0.2, 0.25) is 0 Å². The molecule has 0 aliphatic carbocycles. The van der Waals surface area contributed by atoms with Crippen LogP contribution in [0.3, 0.4) is 0 Å². The molecule has 0 spiro atoms. The molecule has 0 saturated carbocycles. The van der Waals surface area contributed by atoms with Gasteiger partial charge in [0.05, 0.1) is 22.7 Å². The minimum absolute atomic E-state index is 0.129. The van der Waals surface area contributed by atoms with Gasteiger partial charge >= 0.3 is 5.69 Å². The largest absolute Gasteiger partial charge is 0.334 e. The Balaban J connectivity index is 2.28. The monoisotopic (exact) mass is 368 g/mol. The molecule has 4 aromatic rings. The Labute approximate surface area is 140 Å². The molecule has 5 nitrogen and oxygen atoms in total. The lowest BCUT2D eigenvalue weighted by Gasteiger charge is -2.07. The zero-order valence-electron chi connectivity index (χ0n) is 12.6. The van der Waals surface area contributed by atoms with Crippen molar-refractivity contribution in [3.8, 4) is 5.82 Å². The van der Waals surface area contributed by atoms with Crippen LogP contribution in [0.15, 0.2) is 52.0 Å². The van der Waals surface area contributed by atoms with Crippen LogP contribution in [-0.4, -0.2) is 19.1 Å². The van der Waals surface area contributed by atoms with Crippen LogP contribution >= 0.6 is 15.9 Å². The third kappa shape index (κ3) is 2.02. The van der Waals surface area contributed by atoms with Crippen LogP contribution in [0.1, 0.15) is 5.56 Å². The summed E-state index contributed by atoms with van der Waals surface area (Å²) in [5.74, 6) is 0.649. The average Bonchev–Trinajstić information content (AvgIpc) is 2.80. The Bertz CT molecular complexity index is 1130. The second-order valence-corrected chi connectivity index (χ2v) is 6.39. The molecule has 0 amide bonds. The summed E-state index contributed by atoms with van der Waals surface area (Å²) in [6.07, 6.45) is 3.44. The number of halogens is 1. The van der Waals surface area contributed by atoms with Crippen molar-refractivity contribution in [1.29, 1.82) is 0 Å². The molecule has 1 aromatic carbocycles. The molecule has 0 aliphatic rings. The number of aromatic nitrogens is 4. The second-order valence-electron chi connectivity index (χ2n) is 5.47. The molecule has 0 N–H and O–H groups in total. The van der Waals surface area contributed by atoms with Crippen LogP contribution in [0.25, 0.3) is 27.8 Å². The third-order valence-corrected chi connectivity index (χ3v) is 4.53. The third-order valence-electron chi connectivity index (χ3n) is 4.04. The van der Waals surface area contributed by atoms with Crippen molar-refractivity contribution >= 4 is 37.9 Å². The number of hydrogen-bond donors (Lipinski definition) is 0. The van der Waals surface area contributed by atoms with E-state index in [-0.39, 0.29) is 5.69 Å². The van der Waals surface area contributed by atoms with Crippen LogP contribution in [0.4, 0.5) is 0 Å². The molecule has 6 heteroatoms. The number of hydrogen-bond acceptors (Lipinski definition) is 3. The van der Waals surface area contributed by atoms with E-state index in [1.54, 1.807) is 28.6 Å². The first-order valence-corrected chi connectivity index (χ1v) is 7.95. The first-order valence-electron chi connectivity index (χ1n) is 7.15. The van der Waals surface area contributed by atoms with Gasteiger partial charge in [0.1, 0.15) is 5.82 Å². The molecule has 0 atom stereocenters. The van der Waals surface area contributed by atoms with E-state index in [0.29, 0.717) is 5.82 Å². The molecule has 3 aromatic heterocycles. The van der Waals surface area contributed by atoms with Crippen molar-refractivity contribution < 1.29 is 0 Å². The van der Waals surface area contributed by atoms with E-state index in [0.717, 1.165) is 32.0 Å². The highest BCUT2D eigenvalue weighted by Gasteiger charge is 2.17. The van der Waals surface area contributed by atoms with E-state index in [9.17, 15) is 4.79 Å². The van der Waals surface area contributed by atoms with Gasteiger partial charge in [0, 0.05) is 23.1 Å². The van der Waals surface area contributed by atoms with Crippen molar-refractivity contribution in [1.82, 2.24) is 19.1 Å². The van der Waals surface area contributed by atoms with Crippen LogP contribution < -0.4 is 5.69 Å². The minimum Gasteiger partial charge on any atom is -0.293 e. The van der Waals surface area contributed by atoms with Crippen molar-refractivity contribution in [3.63, 3.8) is 0 Å². The number of aryl methyl sites for hydroxylation is 2. The molecule has 4 rings (SSSR count). The van der Waals surface area contributed by atoms with Crippen LogP contribution in [0.5, 0.6) is 0 Å². The molecule has 3 heterocycles. The molecule has 0 saturated heterocycles. The first kappa shape index (κ1) is 14.1. The van der Waals surface area contributed by atoms with Crippen molar-refractivity contribution in [2.75, 3.05) is 0 Å². The summed E-state index contributed by atoms with van der Waals surface area (Å²) >= 11 is 3.50. The van der Waals surface area contributed by atoms with E-state index in [1.807, 2.05) is 37.3 Å². The summed E-state index contributed by atoms with van der Waals surface area (Å²) < 4.78 is 4.22. The number of nitrogens with zero attached hydrogens (tertiary/aromatic N) is 4. The zero-order valence-corrected chi connectivity index (χ0v) is 14.2. The number of pyridine rings is 2. The van der Waals surface area contributed by atoms with Gasteiger partial charge in [-0.25, -0.2) is 14.3 Å². The van der Waals surface area contributed by atoms with Gasteiger partial charge in [-0.05, 0) is 36.8 Å². The molecule has 0 bridgehead atoms. The average molecular weight is 369 g/mol. The van der Waals surface area contributed by atoms with Gasteiger partial charge < -0.3 is 0 Å². The summed E-state index contributed by atoms with van der Waals surface area (Å²) in [5, 5.41) is 0.916. The highest BCUT2D eigenvalue weighted by Crippen LogP contribution is 2.27. The maximum Gasteiger partial charge on any atom is 0.334 e. The van der Waals surface area contributed by atoms with Crippen LogP contribution in [0, 0.1) is 6.92 Å². The molecular weight excluding hydrogens is 356 g/mol. The Morgan fingerprint density at radius 3 is 2.78 bits per heavy atom. The lowest BCUT2D eigenvalue weighted by molar-refractivity contribution is 0.830. The van der Waals surface area contributed by atoms with Gasteiger partial charge in [-0.2, -0.15) is 0 Å². The second kappa shape index (κ2) is 5.03. The molecule has 0 aliphatic heterocycles. The predicted molar refractivity (Wildman–Crippen MR) is 94.0 cm³/mol.